The Morgan fingerprint density at radius 1 is 1.38 bits per heavy atom. The number of rotatable bonds is 2. The topological polar surface area (TPSA) is 30.0 Å². The van der Waals surface area contributed by atoms with E-state index in [-0.39, 0.29) is 11.8 Å². The van der Waals surface area contributed by atoms with Gasteiger partial charge in [-0.2, -0.15) is 13.2 Å². The molecule has 1 aromatic heterocycles. The van der Waals surface area contributed by atoms with E-state index in [2.05, 4.69) is 20.9 Å². The average Bonchev–Trinajstić information content (AvgIpc) is 2.15. The van der Waals surface area contributed by atoms with Crippen LogP contribution in [-0.4, -0.2) is 11.3 Å². The summed E-state index contributed by atoms with van der Waals surface area (Å²) in [6.45, 7) is 0. The Hall–Kier alpha value is -1.05. The molecule has 0 saturated carbocycles. The molecule has 16 heavy (non-hydrogen) atoms. The van der Waals surface area contributed by atoms with Crippen molar-refractivity contribution < 1.29 is 26.7 Å². The molecule has 0 saturated heterocycles. The van der Waals surface area contributed by atoms with E-state index in [0.717, 1.165) is 0 Å². The molecule has 0 fully saturated rings. The van der Waals surface area contributed by atoms with Crippen LogP contribution in [0.15, 0.2) is 10.7 Å². The minimum Gasteiger partial charge on any atom is -0.298 e. The third kappa shape index (κ3) is 2.55. The molecule has 88 valence electrons. The number of hydrogen-bond donors (Lipinski definition) is 0. The first kappa shape index (κ1) is 13.0. The number of hydrogen-bond acceptors (Lipinski definition) is 2. The van der Waals surface area contributed by atoms with Gasteiger partial charge in [0.2, 0.25) is 0 Å². The molecule has 0 bridgehead atoms. The number of alkyl halides is 5. The highest BCUT2D eigenvalue weighted by Crippen LogP contribution is 2.36. The molecule has 2 nitrogen and oxygen atoms in total. The van der Waals surface area contributed by atoms with Gasteiger partial charge in [-0.3, -0.25) is 4.79 Å². The van der Waals surface area contributed by atoms with Crippen molar-refractivity contribution in [3.63, 3.8) is 0 Å². The summed E-state index contributed by atoms with van der Waals surface area (Å²) in [4.78, 5) is 13.3. The predicted molar refractivity (Wildman–Crippen MR) is 47.3 cm³/mol. The van der Waals surface area contributed by atoms with Gasteiger partial charge in [0.1, 0.15) is 4.60 Å². The number of pyridine rings is 1. The van der Waals surface area contributed by atoms with Crippen molar-refractivity contribution in [3.05, 3.63) is 27.5 Å². The zero-order chi connectivity index (χ0) is 12.5. The summed E-state index contributed by atoms with van der Waals surface area (Å²) >= 11 is 2.60. The number of aldehydes is 1. The van der Waals surface area contributed by atoms with Gasteiger partial charge in [0.05, 0.1) is 0 Å². The van der Waals surface area contributed by atoms with Gasteiger partial charge in [-0.05, 0) is 22.0 Å². The number of nitrogens with zero attached hydrogens (tertiary/aromatic N) is 1. The first-order valence-electron chi connectivity index (χ1n) is 3.78. The number of halogens is 6. The molecule has 0 unspecified atom stereocenters. The van der Waals surface area contributed by atoms with Crippen LogP contribution in [0.3, 0.4) is 0 Å². The van der Waals surface area contributed by atoms with E-state index >= 15 is 0 Å². The molecular formula is C8H3BrF5NO. The SMILES string of the molecule is O=Cc1cc(C(F)F)c(C(F)(F)F)nc1Br. The molecule has 0 aliphatic carbocycles. The Labute approximate surface area is 94.6 Å². The molecule has 0 aromatic carbocycles. The lowest BCUT2D eigenvalue weighted by molar-refractivity contribution is -0.143. The second kappa shape index (κ2) is 4.44. The second-order valence-corrected chi connectivity index (χ2v) is 3.47. The molecule has 0 aliphatic rings. The van der Waals surface area contributed by atoms with Crippen molar-refractivity contribution in [1.29, 1.82) is 0 Å². The summed E-state index contributed by atoms with van der Waals surface area (Å²) in [5.41, 5.74) is -3.36. The van der Waals surface area contributed by atoms with Crippen molar-refractivity contribution in [3.8, 4) is 0 Å². The lowest BCUT2D eigenvalue weighted by atomic mass is 10.1. The molecule has 1 aromatic rings. The van der Waals surface area contributed by atoms with Gasteiger partial charge in [-0.15, -0.1) is 0 Å². The van der Waals surface area contributed by atoms with Crippen LogP contribution in [0.5, 0.6) is 0 Å². The van der Waals surface area contributed by atoms with Crippen molar-refractivity contribution in [1.82, 2.24) is 4.98 Å². The molecule has 0 radical (unpaired) electrons. The van der Waals surface area contributed by atoms with Crippen LogP contribution in [-0.2, 0) is 6.18 Å². The molecule has 8 heteroatoms. The Bertz CT molecular complexity index is 418. The first-order chi connectivity index (χ1) is 7.27. The maximum Gasteiger partial charge on any atom is 0.433 e. The third-order valence-electron chi connectivity index (χ3n) is 1.66. The van der Waals surface area contributed by atoms with E-state index in [1.807, 2.05) is 0 Å². The van der Waals surface area contributed by atoms with Crippen LogP contribution in [0.25, 0.3) is 0 Å². The minimum atomic E-state index is -4.99. The van der Waals surface area contributed by atoms with Crippen LogP contribution >= 0.6 is 15.9 Å². The van der Waals surface area contributed by atoms with Gasteiger partial charge in [0.15, 0.2) is 12.0 Å². The maximum absolute atomic E-state index is 12.3. The van der Waals surface area contributed by atoms with E-state index in [4.69, 9.17) is 0 Å². The monoisotopic (exact) mass is 303 g/mol. The lowest BCUT2D eigenvalue weighted by Crippen LogP contribution is -2.13. The fourth-order valence-corrected chi connectivity index (χ4v) is 1.38. The molecule has 0 N–H and O–H groups in total. The number of carbonyl (C=O) groups excluding carboxylic acids is 1. The van der Waals surface area contributed by atoms with Gasteiger partial charge < -0.3 is 0 Å². The van der Waals surface area contributed by atoms with Crippen LogP contribution in [0.4, 0.5) is 22.0 Å². The fourth-order valence-electron chi connectivity index (χ4n) is 0.999. The van der Waals surface area contributed by atoms with E-state index in [1.54, 1.807) is 0 Å². The Morgan fingerprint density at radius 3 is 2.31 bits per heavy atom. The fraction of sp³-hybridized carbons (Fsp3) is 0.250. The molecule has 0 atom stereocenters. The smallest absolute Gasteiger partial charge is 0.298 e. The summed E-state index contributed by atoms with van der Waals surface area (Å²) in [5.74, 6) is 0. The second-order valence-electron chi connectivity index (χ2n) is 2.72. The van der Waals surface area contributed by atoms with Crippen LogP contribution in [0.2, 0.25) is 0 Å². The van der Waals surface area contributed by atoms with E-state index in [9.17, 15) is 26.7 Å². The van der Waals surface area contributed by atoms with Crippen LogP contribution < -0.4 is 0 Å². The molecule has 0 spiro atoms. The Balaban J connectivity index is 3.48. The Kier molecular flexibility index (Phi) is 3.61. The Morgan fingerprint density at radius 2 is 1.94 bits per heavy atom. The van der Waals surface area contributed by atoms with E-state index in [1.165, 1.54) is 0 Å². The summed E-state index contributed by atoms with van der Waals surface area (Å²) in [7, 11) is 0. The highest BCUT2D eigenvalue weighted by atomic mass is 79.9. The summed E-state index contributed by atoms with van der Waals surface area (Å²) in [6.07, 6.45) is -8.20. The molecule has 1 heterocycles. The van der Waals surface area contributed by atoms with Gasteiger partial charge in [0.25, 0.3) is 6.43 Å². The van der Waals surface area contributed by atoms with Gasteiger partial charge >= 0.3 is 6.18 Å². The predicted octanol–water partition coefficient (Wildman–Crippen LogP) is 3.61. The normalized spacial score (nSPS) is 11.9. The summed E-state index contributed by atoms with van der Waals surface area (Å²) in [5, 5.41) is 0. The van der Waals surface area contributed by atoms with Gasteiger partial charge in [0, 0.05) is 11.1 Å². The van der Waals surface area contributed by atoms with Gasteiger partial charge in [-0.1, -0.05) is 0 Å². The molecular weight excluding hydrogens is 301 g/mol. The summed E-state index contributed by atoms with van der Waals surface area (Å²) in [6, 6.07) is 0.470. The van der Waals surface area contributed by atoms with Crippen molar-refractivity contribution >= 4 is 22.2 Å². The molecule has 1 rings (SSSR count). The van der Waals surface area contributed by atoms with Crippen molar-refractivity contribution in [2.75, 3.05) is 0 Å². The van der Waals surface area contributed by atoms with Crippen LogP contribution in [0, 0.1) is 0 Å². The van der Waals surface area contributed by atoms with Crippen molar-refractivity contribution in [2.45, 2.75) is 12.6 Å². The number of carbonyl (C=O) groups is 1. The minimum absolute atomic E-state index is 0.142. The molecule has 0 amide bonds. The molecule has 0 aliphatic heterocycles. The average molecular weight is 304 g/mol. The largest absolute Gasteiger partial charge is 0.433 e. The third-order valence-corrected chi connectivity index (χ3v) is 2.30. The zero-order valence-corrected chi connectivity index (χ0v) is 8.94. The summed E-state index contributed by atoms with van der Waals surface area (Å²) < 4.78 is 61.2. The standard InChI is InChI=1S/C8H3BrF5NO/c9-6-3(2-16)1-4(7(10)11)5(15-6)8(12,13)14/h1-2,7H. The quantitative estimate of drug-likeness (QED) is 0.474. The zero-order valence-electron chi connectivity index (χ0n) is 7.36. The van der Waals surface area contributed by atoms with Crippen molar-refractivity contribution in [2.24, 2.45) is 0 Å². The highest BCUT2D eigenvalue weighted by molar-refractivity contribution is 9.10. The van der Waals surface area contributed by atoms with Crippen LogP contribution in [0.1, 0.15) is 28.0 Å². The van der Waals surface area contributed by atoms with E-state index in [0.29, 0.717) is 6.07 Å². The van der Waals surface area contributed by atoms with Gasteiger partial charge in [-0.25, -0.2) is 13.8 Å². The lowest BCUT2D eigenvalue weighted by Gasteiger charge is -2.12. The highest BCUT2D eigenvalue weighted by Gasteiger charge is 2.38. The van der Waals surface area contributed by atoms with E-state index < -0.39 is 28.5 Å². The maximum atomic E-state index is 12.3. The number of aromatic nitrogens is 1. The first-order valence-corrected chi connectivity index (χ1v) is 4.57.